The molecule has 0 aliphatic carbocycles. The van der Waals surface area contributed by atoms with E-state index >= 15 is 0 Å². The normalized spacial score (nSPS) is 19.8. The third-order valence-electron chi connectivity index (χ3n) is 7.84. The summed E-state index contributed by atoms with van der Waals surface area (Å²) >= 11 is 0. The Morgan fingerprint density at radius 3 is 1.71 bits per heavy atom. The van der Waals surface area contributed by atoms with E-state index in [1.54, 1.807) is 0 Å². The number of carboxylic acids is 1. The van der Waals surface area contributed by atoms with Crippen molar-refractivity contribution in [2.24, 2.45) is 44.6 Å². The molecular weight excluding hydrogens is 586 g/mol. The third kappa shape index (κ3) is 11.7. The van der Waals surface area contributed by atoms with Gasteiger partial charge in [-0.05, 0) is 63.7 Å². The van der Waals surface area contributed by atoms with E-state index in [0.29, 0.717) is 64.5 Å². The van der Waals surface area contributed by atoms with Gasteiger partial charge in [0.2, 0.25) is 23.6 Å². The van der Waals surface area contributed by atoms with Crippen LogP contribution in [0.3, 0.4) is 0 Å². The van der Waals surface area contributed by atoms with Crippen molar-refractivity contribution in [1.82, 2.24) is 20.4 Å². The van der Waals surface area contributed by atoms with Crippen molar-refractivity contribution in [1.29, 1.82) is 0 Å². The molecule has 17 heteroatoms. The fourth-order valence-electron chi connectivity index (χ4n) is 5.65. The Balaban J connectivity index is 2.08. The van der Waals surface area contributed by atoms with Gasteiger partial charge in [-0.3, -0.25) is 29.2 Å². The van der Waals surface area contributed by atoms with E-state index in [1.165, 1.54) is 9.80 Å². The quantitative estimate of drug-likeness (QED) is 0.0468. The monoisotopic (exact) mass is 637 g/mol. The summed E-state index contributed by atoms with van der Waals surface area (Å²) in [5.74, 6) is -3.16. The van der Waals surface area contributed by atoms with Gasteiger partial charge in [-0.2, -0.15) is 0 Å². The first-order valence-electron chi connectivity index (χ1n) is 15.5. The predicted octanol–water partition coefficient (Wildman–Crippen LogP) is -2.50. The van der Waals surface area contributed by atoms with Crippen LogP contribution in [-0.2, 0) is 24.0 Å². The first-order chi connectivity index (χ1) is 21.2. The smallest absolute Gasteiger partial charge is 0.326 e. The summed E-state index contributed by atoms with van der Waals surface area (Å²) in [6.45, 7) is 5.01. The number of rotatable bonds is 17. The number of likely N-dealkylation sites (tertiary alicyclic amines) is 2. The standard InChI is InChI=1S/C28H51N11O6/c1-16(2)15-19(37-23(41)20-9-5-13-38(20)24(42)17(29)7-3-11-34-27(30)31)25(43)39-14-6-10-21(39)22(40)36-18(26(44)45)8-4-12-35-28(32)33/h16-21H,3-15,29H2,1-2H3,(H,36,40)(H,37,41)(H,44,45)(H4,30,31,34)(H4,32,33,35)/t17-,18-,19-,20-,21-/m0/s1. The van der Waals surface area contributed by atoms with E-state index in [4.69, 9.17) is 28.7 Å². The van der Waals surface area contributed by atoms with Crippen molar-refractivity contribution in [3.8, 4) is 0 Å². The van der Waals surface area contributed by atoms with Crippen LogP contribution in [0.25, 0.3) is 0 Å². The number of nitrogens with zero attached hydrogens (tertiary/aromatic N) is 4. The zero-order chi connectivity index (χ0) is 33.7. The number of aliphatic imine (C=N–C) groups is 2. The molecule has 2 aliphatic rings. The van der Waals surface area contributed by atoms with Crippen molar-refractivity contribution in [3.05, 3.63) is 0 Å². The highest BCUT2D eigenvalue weighted by Gasteiger charge is 2.41. The number of guanidine groups is 2. The van der Waals surface area contributed by atoms with Crippen LogP contribution in [0.5, 0.6) is 0 Å². The molecule has 2 saturated heterocycles. The van der Waals surface area contributed by atoms with Crippen molar-refractivity contribution in [3.63, 3.8) is 0 Å². The molecular formula is C28H51N11O6. The van der Waals surface area contributed by atoms with Crippen LogP contribution in [0.1, 0.15) is 71.6 Å². The number of carbonyl (C=O) groups excluding carboxylic acids is 4. The summed E-state index contributed by atoms with van der Waals surface area (Å²) in [6, 6.07) is -4.61. The van der Waals surface area contributed by atoms with Gasteiger partial charge >= 0.3 is 5.97 Å². The summed E-state index contributed by atoms with van der Waals surface area (Å²) < 4.78 is 0. The van der Waals surface area contributed by atoms with Crippen molar-refractivity contribution in [2.45, 2.75) is 102 Å². The molecule has 13 N–H and O–H groups in total. The lowest BCUT2D eigenvalue weighted by atomic mass is 10.0. The van der Waals surface area contributed by atoms with Gasteiger partial charge in [0.1, 0.15) is 24.2 Å². The molecule has 2 heterocycles. The fraction of sp³-hybridized carbons (Fsp3) is 0.750. The van der Waals surface area contributed by atoms with Crippen molar-refractivity contribution < 1.29 is 29.1 Å². The zero-order valence-corrected chi connectivity index (χ0v) is 26.3. The summed E-state index contributed by atoms with van der Waals surface area (Å²) in [5, 5.41) is 15.0. The van der Waals surface area contributed by atoms with Gasteiger partial charge in [0.25, 0.3) is 0 Å². The van der Waals surface area contributed by atoms with E-state index in [0.717, 1.165) is 0 Å². The predicted molar refractivity (Wildman–Crippen MR) is 168 cm³/mol. The van der Waals surface area contributed by atoms with Gasteiger partial charge in [-0.15, -0.1) is 0 Å². The second kappa shape index (κ2) is 18.0. The number of nitrogens with two attached hydrogens (primary N) is 5. The first-order valence-corrected chi connectivity index (χ1v) is 15.5. The van der Waals surface area contributed by atoms with E-state index < -0.39 is 53.9 Å². The number of hydrogen-bond acceptors (Lipinski definition) is 8. The van der Waals surface area contributed by atoms with E-state index in [-0.39, 0.29) is 43.3 Å². The lowest BCUT2D eigenvalue weighted by Crippen LogP contribution is -2.58. The maximum absolute atomic E-state index is 13.8. The van der Waals surface area contributed by atoms with Crippen LogP contribution in [0.2, 0.25) is 0 Å². The first kappa shape index (κ1) is 37.0. The van der Waals surface area contributed by atoms with E-state index in [1.807, 2.05) is 13.8 Å². The third-order valence-corrected chi connectivity index (χ3v) is 7.84. The Hall–Kier alpha value is -4.15. The average Bonchev–Trinajstić information content (AvgIpc) is 3.65. The summed E-state index contributed by atoms with van der Waals surface area (Å²) in [7, 11) is 0. The van der Waals surface area contributed by atoms with Gasteiger partial charge in [0.05, 0.1) is 6.04 Å². The van der Waals surface area contributed by atoms with Crippen LogP contribution in [0.15, 0.2) is 9.98 Å². The second-order valence-electron chi connectivity index (χ2n) is 12.0. The maximum Gasteiger partial charge on any atom is 0.326 e. The average molecular weight is 638 g/mol. The minimum Gasteiger partial charge on any atom is -0.480 e. The Bertz CT molecular complexity index is 1110. The summed E-state index contributed by atoms with van der Waals surface area (Å²) in [4.78, 5) is 76.0. The molecule has 254 valence electrons. The molecule has 0 aromatic heterocycles. The number of hydrogen-bond donors (Lipinski definition) is 8. The molecule has 0 unspecified atom stereocenters. The zero-order valence-electron chi connectivity index (χ0n) is 26.3. The highest BCUT2D eigenvalue weighted by Crippen LogP contribution is 2.23. The fourth-order valence-corrected chi connectivity index (χ4v) is 5.65. The largest absolute Gasteiger partial charge is 0.480 e. The summed E-state index contributed by atoms with van der Waals surface area (Å²) in [6.07, 6.45) is 3.50. The van der Waals surface area contributed by atoms with Crippen molar-refractivity contribution in [2.75, 3.05) is 26.2 Å². The van der Waals surface area contributed by atoms with E-state index in [2.05, 4.69) is 20.6 Å². The molecule has 0 aromatic carbocycles. The molecule has 0 radical (unpaired) electrons. The number of carbonyl (C=O) groups is 5. The van der Waals surface area contributed by atoms with Gasteiger partial charge < -0.3 is 54.2 Å². The molecule has 0 bridgehead atoms. The summed E-state index contributed by atoms with van der Waals surface area (Å²) in [5.41, 5.74) is 27.4. The van der Waals surface area contributed by atoms with Gasteiger partial charge in [-0.1, -0.05) is 13.8 Å². The van der Waals surface area contributed by atoms with E-state index in [9.17, 15) is 29.1 Å². The minimum atomic E-state index is -1.21. The topological polar surface area (TPSA) is 291 Å². The Kier molecular flexibility index (Phi) is 14.8. The molecule has 17 nitrogen and oxygen atoms in total. The van der Waals surface area contributed by atoms with Crippen LogP contribution in [-0.4, -0.2) is 113 Å². The Labute approximate surface area is 263 Å². The molecule has 2 fully saturated rings. The molecule has 4 amide bonds. The van der Waals surface area contributed by atoms with Gasteiger partial charge in [0, 0.05) is 26.2 Å². The number of aliphatic carboxylic acids is 1. The Morgan fingerprint density at radius 2 is 1.24 bits per heavy atom. The molecule has 0 saturated carbocycles. The van der Waals surface area contributed by atoms with Crippen LogP contribution in [0, 0.1) is 5.92 Å². The van der Waals surface area contributed by atoms with Crippen LogP contribution in [0.4, 0.5) is 0 Å². The number of carboxylic acid groups (broad SMARTS) is 1. The number of nitrogens with one attached hydrogen (secondary N) is 2. The SMILES string of the molecule is CC(C)C[C@H](NC(=O)[C@@H]1CCCN1C(=O)[C@@H](N)CCCN=C(N)N)C(=O)N1CCC[C@H]1C(=O)N[C@@H](CCCN=C(N)N)C(=O)O. The lowest BCUT2D eigenvalue weighted by Gasteiger charge is -2.32. The lowest BCUT2D eigenvalue weighted by molar-refractivity contribution is -0.145. The van der Waals surface area contributed by atoms with Crippen LogP contribution >= 0.6 is 0 Å². The van der Waals surface area contributed by atoms with Gasteiger partial charge in [-0.25, -0.2) is 4.79 Å². The van der Waals surface area contributed by atoms with Gasteiger partial charge in [0.15, 0.2) is 11.9 Å². The highest BCUT2D eigenvalue weighted by molar-refractivity contribution is 5.96. The Morgan fingerprint density at radius 1 is 0.778 bits per heavy atom. The molecule has 0 spiro atoms. The second-order valence-corrected chi connectivity index (χ2v) is 12.0. The number of amides is 4. The molecule has 0 aromatic rings. The minimum absolute atomic E-state index is 0.0238. The maximum atomic E-state index is 13.8. The molecule has 5 atom stereocenters. The van der Waals surface area contributed by atoms with Crippen molar-refractivity contribution >= 4 is 41.5 Å². The molecule has 45 heavy (non-hydrogen) atoms. The molecule has 2 rings (SSSR count). The van der Waals surface area contributed by atoms with Crippen LogP contribution < -0.4 is 39.3 Å². The molecule has 2 aliphatic heterocycles. The highest BCUT2D eigenvalue weighted by atomic mass is 16.4.